The molecule has 0 atom stereocenters. The smallest absolute Gasteiger partial charge is 0.107 e. The molecule has 14 heavy (non-hydrogen) atoms. The third kappa shape index (κ3) is 1.58. The topological polar surface area (TPSA) is 40.7 Å². The predicted octanol–water partition coefficient (Wildman–Crippen LogP) is 2.17. The molecule has 2 aromatic rings. The Labute approximate surface area is 87.2 Å². The summed E-state index contributed by atoms with van der Waals surface area (Å²) in [6.45, 7) is 2.91. The normalized spacial score (nSPS) is 10.7. The van der Waals surface area contributed by atoms with Crippen molar-refractivity contribution in [1.29, 1.82) is 0 Å². The quantitative estimate of drug-likeness (QED) is 0.809. The van der Waals surface area contributed by atoms with E-state index in [0.717, 1.165) is 17.9 Å². The van der Waals surface area contributed by atoms with E-state index in [1.54, 1.807) is 11.3 Å². The van der Waals surface area contributed by atoms with E-state index in [1.165, 1.54) is 10.4 Å². The number of nitrogens with zero attached hydrogens (tertiary/aromatic N) is 1. The summed E-state index contributed by atoms with van der Waals surface area (Å²) in [5.74, 6) is 0. The lowest BCUT2D eigenvalue weighted by Gasteiger charge is -2.00. The molecule has 0 aromatic carbocycles. The molecule has 0 saturated carbocycles. The predicted molar refractivity (Wildman–Crippen MR) is 59.4 cm³/mol. The minimum absolute atomic E-state index is 0.857. The number of nitrogens with one attached hydrogen (secondary N) is 2. The van der Waals surface area contributed by atoms with Gasteiger partial charge in [-0.05, 0) is 25.4 Å². The summed E-state index contributed by atoms with van der Waals surface area (Å²) < 4.78 is 0. The first-order chi connectivity index (χ1) is 6.83. The van der Waals surface area contributed by atoms with Gasteiger partial charge in [0.2, 0.25) is 0 Å². The van der Waals surface area contributed by atoms with Crippen molar-refractivity contribution in [2.75, 3.05) is 7.05 Å². The first kappa shape index (κ1) is 9.43. The van der Waals surface area contributed by atoms with Crippen LogP contribution in [-0.4, -0.2) is 17.2 Å². The van der Waals surface area contributed by atoms with Crippen LogP contribution in [0.5, 0.6) is 0 Å². The van der Waals surface area contributed by atoms with Crippen molar-refractivity contribution in [2.45, 2.75) is 13.5 Å². The molecule has 0 aliphatic heterocycles. The van der Waals surface area contributed by atoms with Crippen LogP contribution in [-0.2, 0) is 6.54 Å². The lowest BCUT2D eigenvalue weighted by atomic mass is 10.1. The van der Waals surface area contributed by atoms with Gasteiger partial charge in [0.1, 0.15) is 5.69 Å². The Hall–Kier alpha value is -1.13. The molecular weight excluding hydrogens is 194 g/mol. The molecule has 0 radical (unpaired) electrons. The second kappa shape index (κ2) is 3.94. The third-order valence-electron chi connectivity index (χ3n) is 2.18. The number of rotatable bonds is 3. The highest BCUT2D eigenvalue weighted by molar-refractivity contribution is 7.13. The first-order valence-electron chi connectivity index (χ1n) is 4.55. The Morgan fingerprint density at radius 1 is 1.57 bits per heavy atom. The van der Waals surface area contributed by atoms with Crippen LogP contribution in [0.4, 0.5) is 0 Å². The molecule has 2 rings (SSSR count). The van der Waals surface area contributed by atoms with Crippen molar-refractivity contribution in [3.63, 3.8) is 0 Å². The van der Waals surface area contributed by atoms with E-state index in [-0.39, 0.29) is 0 Å². The summed E-state index contributed by atoms with van der Waals surface area (Å²) in [6, 6.07) is 4.15. The lowest BCUT2D eigenvalue weighted by molar-refractivity contribution is 0.814. The maximum absolute atomic E-state index is 4.32. The SMILES string of the molecule is CNCc1c(-c2cccs2)n[nH]c1C. The summed E-state index contributed by atoms with van der Waals surface area (Å²) in [5.41, 5.74) is 3.48. The first-order valence-corrected chi connectivity index (χ1v) is 5.43. The molecule has 2 heterocycles. The van der Waals surface area contributed by atoms with Crippen molar-refractivity contribution in [2.24, 2.45) is 0 Å². The second-order valence-corrected chi connectivity index (χ2v) is 4.13. The molecule has 4 heteroatoms. The largest absolute Gasteiger partial charge is 0.316 e. The number of thiophene rings is 1. The standard InChI is InChI=1S/C10H13N3S/c1-7-8(6-11-2)10(13-12-7)9-4-3-5-14-9/h3-5,11H,6H2,1-2H3,(H,12,13). The summed E-state index contributed by atoms with van der Waals surface area (Å²) in [7, 11) is 1.95. The third-order valence-corrected chi connectivity index (χ3v) is 3.06. The van der Waals surface area contributed by atoms with E-state index >= 15 is 0 Å². The molecule has 0 amide bonds. The van der Waals surface area contributed by atoms with Crippen LogP contribution >= 0.6 is 11.3 Å². The van der Waals surface area contributed by atoms with E-state index < -0.39 is 0 Å². The maximum Gasteiger partial charge on any atom is 0.107 e. The van der Waals surface area contributed by atoms with Crippen LogP contribution in [0.15, 0.2) is 17.5 Å². The summed E-state index contributed by atoms with van der Waals surface area (Å²) in [4.78, 5) is 1.22. The molecule has 2 aromatic heterocycles. The van der Waals surface area contributed by atoms with Crippen LogP contribution < -0.4 is 5.32 Å². The second-order valence-electron chi connectivity index (χ2n) is 3.18. The molecule has 2 N–H and O–H groups in total. The van der Waals surface area contributed by atoms with Crippen molar-refractivity contribution in [3.05, 3.63) is 28.8 Å². The van der Waals surface area contributed by atoms with Gasteiger partial charge < -0.3 is 5.32 Å². The van der Waals surface area contributed by atoms with Crippen LogP contribution in [0.2, 0.25) is 0 Å². The van der Waals surface area contributed by atoms with Gasteiger partial charge in [-0.25, -0.2) is 0 Å². The van der Waals surface area contributed by atoms with Crippen molar-refractivity contribution >= 4 is 11.3 Å². The highest BCUT2D eigenvalue weighted by Gasteiger charge is 2.11. The van der Waals surface area contributed by atoms with Crippen molar-refractivity contribution in [1.82, 2.24) is 15.5 Å². The Balaban J connectivity index is 2.43. The lowest BCUT2D eigenvalue weighted by Crippen LogP contribution is -2.06. The molecule has 3 nitrogen and oxygen atoms in total. The van der Waals surface area contributed by atoms with Crippen LogP contribution in [0.1, 0.15) is 11.3 Å². The highest BCUT2D eigenvalue weighted by Crippen LogP contribution is 2.27. The Kier molecular flexibility index (Phi) is 2.65. The maximum atomic E-state index is 4.32. The number of aromatic nitrogens is 2. The summed E-state index contributed by atoms with van der Waals surface area (Å²) >= 11 is 1.72. The number of aromatic amines is 1. The fourth-order valence-corrected chi connectivity index (χ4v) is 2.20. The van der Waals surface area contributed by atoms with Crippen LogP contribution in [0.3, 0.4) is 0 Å². The van der Waals surface area contributed by atoms with Gasteiger partial charge in [0.25, 0.3) is 0 Å². The average Bonchev–Trinajstić information content (AvgIpc) is 2.77. The zero-order valence-electron chi connectivity index (χ0n) is 8.29. The van der Waals surface area contributed by atoms with E-state index in [1.807, 2.05) is 13.1 Å². The molecular formula is C10H13N3S. The van der Waals surface area contributed by atoms with Crippen molar-refractivity contribution in [3.8, 4) is 10.6 Å². The van der Waals surface area contributed by atoms with E-state index in [0.29, 0.717) is 0 Å². The van der Waals surface area contributed by atoms with E-state index in [4.69, 9.17) is 0 Å². The van der Waals surface area contributed by atoms with E-state index in [9.17, 15) is 0 Å². The molecule has 0 bridgehead atoms. The molecule has 0 saturated heterocycles. The summed E-state index contributed by atoms with van der Waals surface area (Å²) in [6.07, 6.45) is 0. The minimum Gasteiger partial charge on any atom is -0.316 e. The average molecular weight is 207 g/mol. The molecule has 0 fully saturated rings. The number of hydrogen-bond donors (Lipinski definition) is 2. The van der Waals surface area contributed by atoms with Gasteiger partial charge in [0.15, 0.2) is 0 Å². The highest BCUT2D eigenvalue weighted by atomic mass is 32.1. The van der Waals surface area contributed by atoms with Crippen LogP contribution in [0, 0.1) is 6.92 Å². The molecule has 0 aliphatic rings. The molecule has 0 spiro atoms. The number of aryl methyl sites for hydroxylation is 1. The minimum atomic E-state index is 0.857. The molecule has 0 unspecified atom stereocenters. The monoisotopic (exact) mass is 207 g/mol. The van der Waals surface area contributed by atoms with Gasteiger partial charge in [-0.1, -0.05) is 6.07 Å². The number of H-pyrrole nitrogens is 1. The fourth-order valence-electron chi connectivity index (χ4n) is 1.46. The fraction of sp³-hybridized carbons (Fsp3) is 0.300. The Morgan fingerprint density at radius 3 is 3.07 bits per heavy atom. The van der Waals surface area contributed by atoms with E-state index in [2.05, 4.69) is 33.9 Å². The van der Waals surface area contributed by atoms with Gasteiger partial charge in [0, 0.05) is 17.8 Å². The van der Waals surface area contributed by atoms with Gasteiger partial charge in [-0.2, -0.15) is 5.10 Å². The van der Waals surface area contributed by atoms with Crippen LogP contribution in [0.25, 0.3) is 10.6 Å². The molecule has 0 aliphatic carbocycles. The number of hydrogen-bond acceptors (Lipinski definition) is 3. The van der Waals surface area contributed by atoms with Crippen molar-refractivity contribution < 1.29 is 0 Å². The zero-order chi connectivity index (χ0) is 9.97. The Bertz CT molecular complexity index is 403. The zero-order valence-corrected chi connectivity index (χ0v) is 9.11. The van der Waals surface area contributed by atoms with Gasteiger partial charge in [-0.3, -0.25) is 5.10 Å². The van der Waals surface area contributed by atoms with Gasteiger partial charge >= 0.3 is 0 Å². The van der Waals surface area contributed by atoms with Gasteiger partial charge in [-0.15, -0.1) is 11.3 Å². The molecule has 74 valence electrons. The van der Waals surface area contributed by atoms with Gasteiger partial charge in [0.05, 0.1) is 4.88 Å². The Morgan fingerprint density at radius 2 is 2.43 bits per heavy atom. The summed E-state index contributed by atoms with van der Waals surface area (Å²) in [5, 5.41) is 12.6.